The van der Waals surface area contributed by atoms with Gasteiger partial charge in [-0.25, -0.2) is 13.4 Å². The van der Waals surface area contributed by atoms with Crippen LogP contribution in [0.4, 0.5) is 11.5 Å². The molecule has 21 heavy (non-hydrogen) atoms. The Hall–Kier alpha value is -2.81. The van der Waals surface area contributed by atoms with Crippen molar-refractivity contribution in [2.45, 2.75) is 4.90 Å². The van der Waals surface area contributed by atoms with Gasteiger partial charge in [0, 0.05) is 6.07 Å². The van der Waals surface area contributed by atoms with E-state index in [0.29, 0.717) is 4.31 Å². The fourth-order valence-corrected chi connectivity index (χ4v) is 3.57. The Morgan fingerprint density at radius 1 is 1.14 bits per heavy atom. The smallest absolute Gasteiger partial charge is 0.267 e. The van der Waals surface area contributed by atoms with Crippen molar-refractivity contribution in [1.82, 2.24) is 4.98 Å². The van der Waals surface area contributed by atoms with Crippen LogP contribution in [0.5, 0.6) is 0 Å². The summed E-state index contributed by atoms with van der Waals surface area (Å²) in [6.07, 6.45) is 0.904. The molecule has 8 nitrogen and oxygen atoms in total. The third-order valence-corrected chi connectivity index (χ3v) is 4.72. The first-order valence-corrected chi connectivity index (χ1v) is 7.16. The molecule has 1 amide bonds. The molecular weight excluding hydrogens is 298 g/mol. The van der Waals surface area contributed by atoms with Crippen molar-refractivity contribution < 1.29 is 18.1 Å². The average Bonchev–Trinajstić information content (AvgIpc) is 2.67. The number of carbonyl (C=O) groups excluding carboxylic acids is 1. The molecule has 1 aliphatic heterocycles. The van der Waals surface area contributed by atoms with Crippen molar-refractivity contribution in [3.8, 4) is 0 Å². The fraction of sp³-hybridized carbons (Fsp3) is 0. The van der Waals surface area contributed by atoms with Crippen molar-refractivity contribution in [3.05, 3.63) is 58.3 Å². The molecule has 9 heteroatoms. The highest BCUT2D eigenvalue weighted by molar-refractivity contribution is 7.94. The number of rotatable bonds is 2. The van der Waals surface area contributed by atoms with E-state index in [0.717, 1.165) is 18.3 Å². The van der Waals surface area contributed by atoms with E-state index in [2.05, 4.69) is 4.98 Å². The summed E-state index contributed by atoms with van der Waals surface area (Å²) in [7, 11) is -4.03. The van der Waals surface area contributed by atoms with Gasteiger partial charge in [0.2, 0.25) is 0 Å². The first-order valence-electron chi connectivity index (χ1n) is 5.72. The van der Waals surface area contributed by atoms with Gasteiger partial charge in [0.05, 0.1) is 10.5 Å². The van der Waals surface area contributed by atoms with Gasteiger partial charge in [0.1, 0.15) is 11.1 Å². The van der Waals surface area contributed by atoms with Gasteiger partial charge in [-0.2, -0.15) is 4.31 Å². The molecular formula is C12H7N3O5S. The maximum Gasteiger partial charge on any atom is 0.287 e. The van der Waals surface area contributed by atoms with Crippen LogP contribution in [0.3, 0.4) is 0 Å². The normalized spacial score (nSPS) is 15.8. The standard InChI is InChI=1S/C12H7N3O5S/c16-12-9-3-1-2-4-10(9)21(19,20)14(12)11-6-5-8(7-13-11)15(17)18/h1-7H. The second kappa shape index (κ2) is 4.35. The Morgan fingerprint density at radius 2 is 1.86 bits per heavy atom. The molecule has 0 atom stereocenters. The van der Waals surface area contributed by atoms with E-state index in [4.69, 9.17) is 0 Å². The second-order valence-electron chi connectivity index (χ2n) is 4.20. The van der Waals surface area contributed by atoms with Crippen LogP contribution in [0.1, 0.15) is 10.4 Å². The maximum atomic E-state index is 12.3. The Labute approximate surface area is 118 Å². The van der Waals surface area contributed by atoms with Gasteiger partial charge < -0.3 is 0 Å². The number of pyridine rings is 1. The predicted molar refractivity (Wildman–Crippen MR) is 71.3 cm³/mol. The van der Waals surface area contributed by atoms with Crippen molar-refractivity contribution in [2.24, 2.45) is 0 Å². The Balaban J connectivity index is 2.12. The molecule has 1 aliphatic rings. The molecule has 1 aromatic heterocycles. The van der Waals surface area contributed by atoms with Gasteiger partial charge in [-0.1, -0.05) is 12.1 Å². The third-order valence-electron chi connectivity index (χ3n) is 2.97. The number of amides is 1. The lowest BCUT2D eigenvalue weighted by Gasteiger charge is -2.13. The highest BCUT2D eigenvalue weighted by Crippen LogP contribution is 2.33. The minimum Gasteiger partial charge on any atom is -0.267 e. The van der Waals surface area contributed by atoms with Crippen LogP contribution < -0.4 is 4.31 Å². The molecule has 0 saturated heterocycles. The lowest BCUT2D eigenvalue weighted by molar-refractivity contribution is -0.385. The summed E-state index contributed by atoms with van der Waals surface area (Å²) in [6, 6.07) is 8.01. The first-order chi connectivity index (χ1) is 9.93. The molecule has 0 unspecified atom stereocenters. The van der Waals surface area contributed by atoms with E-state index in [9.17, 15) is 23.3 Å². The largest absolute Gasteiger partial charge is 0.287 e. The van der Waals surface area contributed by atoms with Crippen molar-refractivity contribution in [2.75, 3.05) is 4.31 Å². The van der Waals surface area contributed by atoms with Crippen molar-refractivity contribution in [1.29, 1.82) is 0 Å². The highest BCUT2D eigenvalue weighted by atomic mass is 32.2. The molecule has 0 N–H and O–H groups in total. The molecule has 3 rings (SSSR count). The zero-order valence-corrected chi connectivity index (χ0v) is 11.1. The SMILES string of the molecule is O=C1c2ccccc2S(=O)(=O)N1c1ccc([N+](=O)[O-])cn1. The Morgan fingerprint density at radius 3 is 2.43 bits per heavy atom. The third kappa shape index (κ3) is 1.86. The quantitative estimate of drug-likeness (QED) is 0.611. The first kappa shape index (κ1) is 13.2. The molecule has 1 aromatic carbocycles. The highest BCUT2D eigenvalue weighted by Gasteiger charge is 2.42. The maximum absolute atomic E-state index is 12.3. The molecule has 0 spiro atoms. The second-order valence-corrected chi connectivity index (χ2v) is 5.96. The van der Waals surface area contributed by atoms with Crippen LogP contribution in [0, 0.1) is 10.1 Å². The predicted octanol–water partition coefficient (Wildman–Crippen LogP) is 1.34. The van der Waals surface area contributed by atoms with Crippen molar-refractivity contribution >= 4 is 27.4 Å². The topological polar surface area (TPSA) is 110 Å². The minimum absolute atomic E-state index is 0.0534. The van der Waals surface area contributed by atoms with E-state index in [1.54, 1.807) is 6.07 Å². The summed E-state index contributed by atoms with van der Waals surface area (Å²) < 4.78 is 25.2. The van der Waals surface area contributed by atoms with E-state index in [1.807, 2.05) is 0 Å². The molecule has 0 aliphatic carbocycles. The molecule has 0 saturated carbocycles. The van der Waals surface area contributed by atoms with E-state index >= 15 is 0 Å². The van der Waals surface area contributed by atoms with Crippen molar-refractivity contribution in [3.63, 3.8) is 0 Å². The number of aromatic nitrogens is 1. The van der Waals surface area contributed by atoms with Gasteiger partial charge in [0.25, 0.3) is 21.6 Å². The van der Waals surface area contributed by atoms with Crippen LogP contribution in [-0.4, -0.2) is 24.2 Å². The van der Waals surface area contributed by atoms with Crippen LogP contribution >= 0.6 is 0 Å². The van der Waals surface area contributed by atoms with Crippen LogP contribution in [-0.2, 0) is 10.0 Å². The molecule has 0 fully saturated rings. The van der Waals surface area contributed by atoms with Gasteiger partial charge in [0.15, 0.2) is 5.82 Å². The summed E-state index contributed by atoms with van der Waals surface area (Å²) in [4.78, 5) is 25.7. The summed E-state index contributed by atoms with van der Waals surface area (Å²) >= 11 is 0. The molecule has 2 heterocycles. The number of anilines is 1. The Kier molecular flexibility index (Phi) is 2.73. The number of hydrogen-bond acceptors (Lipinski definition) is 6. The lowest BCUT2D eigenvalue weighted by Crippen LogP contribution is -2.30. The number of sulfonamides is 1. The molecule has 106 valence electrons. The molecule has 2 aromatic rings. The number of hydrogen-bond donors (Lipinski definition) is 0. The minimum atomic E-state index is -4.03. The summed E-state index contributed by atoms with van der Waals surface area (Å²) in [6.45, 7) is 0. The van der Waals surface area contributed by atoms with Gasteiger partial charge in [-0.05, 0) is 18.2 Å². The van der Waals surface area contributed by atoms with Gasteiger partial charge in [-0.3, -0.25) is 14.9 Å². The zero-order chi connectivity index (χ0) is 15.2. The molecule has 0 bridgehead atoms. The number of benzene rings is 1. The lowest BCUT2D eigenvalue weighted by atomic mass is 10.2. The average molecular weight is 305 g/mol. The number of fused-ring (bicyclic) bond motifs is 1. The van der Waals surface area contributed by atoms with E-state index in [1.165, 1.54) is 18.2 Å². The van der Waals surface area contributed by atoms with Gasteiger partial charge >= 0.3 is 0 Å². The van der Waals surface area contributed by atoms with E-state index < -0.39 is 20.9 Å². The fourth-order valence-electron chi connectivity index (χ4n) is 2.02. The summed E-state index contributed by atoms with van der Waals surface area (Å²) in [5, 5.41) is 10.6. The molecule has 0 radical (unpaired) electrons. The summed E-state index contributed by atoms with van der Waals surface area (Å²) in [5.41, 5.74) is -0.238. The van der Waals surface area contributed by atoms with Crippen LogP contribution in [0.15, 0.2) is 47.5 Å². The number of carbonyl (C=O) groups is 1. The number of nitro groups is 1. The summed E-state index contributed by atoms with van der Waals surface area (Å²) in [5.74, 6) is -0.909. The zero-order valence-electron chi connectivity index (χ0n) is 10.3. The Bertz CT molecular complexity index is 861. The number of nitrogens with zero attached hydrogens (tertiary/aromatic N) is 3. The van der Waals surface area contributed by atoms with E-state index in [-0.39, 0.29) is 22.0 Å². The van der Waals surface area contributed by atoms with Gasteiger partial charge in [-0.15, -0.1) is 0 Å². The monoisotopic (exact) mass is 305 g/mol. The van der Waals surface area contributed by atoms with Crippen LogP contribution in [0.25, 0.3) is 0 Å². The van der Waals surface area contributed by atoms with Crippen LogP contribution in [0.2, 0.25) is 0 Å².